The zero-order valence-corrected chi connectivity index (χ0v) is 10.4. The van der Waals surface area contributed by atoms with Gasteiger partial charge in [-0.05, 0) is 19.3 Å². The number of aliphatic hydroxyl groups excluding tert-OH is 1. The molecule has 4 nitrogen and oxygen atoms in total. The van der Waals surface area contributed by atoms with Crippen LogP contribution >= 0.6 is 0 Å². The lowest BCUT2D eigenvalue weighted by Crippen LogP contribution is -2.32. The van der Waals surface area contributed by atoms with Crippen LogP contribution in [0.15, 0.2) is 0 Å². The fraction of sp³-hybridized carbons (Fsp3) is 0.917. The number of ether oxygens (including phenoxy) is 1. The molecule has 4 heteroatoms. The maximum atomic E-state index is 11.3. The molecule has 16 heavy (non-hydrogen) atoms. The van der Waals surface area contributed by atoms with E-state index in [9.17, 15) is 9.90 Å². The number of carboxylic acid groups (broad SMARTS) is 1. The van der Waals surface area contributed by atoms with Gasteiger partial charge in [0.05, 0.1) is 18.6 Å². The molecule has 0 fully saturated rings. The highest BCUT2D eigenvalue weighted by Gasteiger charge is 2.35. The Kier molecular flexibility index (Phi) is 8.21. The van der Waals surface area contributed by atoms with Gasteiger partial charge in [0, 0.05) is 6.61 Å². The van der Waals surface area contributed by atoms with Crippen molar-refractivity contribution in [1.82, 2.24) is 0 Å². The molecule has 0 radical (unpaired) electrons. The largest absolute Gasteiger partial charge is 0.481 e. The van der Waals surface area contributed by atoms with Crippen LogP contribution in [0.5, 0.6) is 0 Å². The van der Waals surface area contributed by atoms with Gasteiger partial charge in [-0.1, -0.05) is 26.7 Å². The third kappa shape index (κ3) is 4.94. The Balaban J connectivity index is 4.22. The Morgan fingerprint density at radius 3 is 2.38 bits per heavy atom. The maximum Gasteiger partial charge on any atom is 0.309 e. The van der Waals surface area contributed by atoms with Crippen molar-refractivity contribution in [2.45, 2.75) is 46.0 Å². The van der Waals surface area contributed by atoms with Crippen LogP contribution in [-0.4, -0.2) is 36.0 Å². The van der Waals surface area contributed by atoms with Gasteiger partial charge in [0.15, 0.2) is 0 Å². The van der Waals surface area contributed by atoms with Crippen LogP contribution in [0.4, 0.5) is 0 Å². The van der Waals surface area contributed by atoms with Crippen molar-refractivity contribution in [3.63, 3.8) is 0 Å². The summed E-state index contributed by atoms with van der Waals surface area (Å²) in [6, 6.07) is 0. The summed E-state index contributed by atoms with van der Waals surface area (Å²) in [6.07, 6.45) is 3.80. The van der Waals surface area contributed by atoms with Crippen LogP contribution in [-0.2, 0) is 9.53 Å². The van der Waals surface area contributed by atoms with E-state index in [2.05, 4.69) is 6.92 Å². The lowest BCUT2D eigenvalue weighted by Gasteiger charge is -2.28. The van der Waals surface area contributed by atoms with Crippen LogP contribution in [0.25, 0.3) is 0 Å². The molecular formula is C12H24O4. The van der Waals surface area contributed by atoms with Crippen LogP contribution in [0.2, 0.25) is 0 Å². The number of rotatable bonds is 10. The zero-order valence-electron chi connectivity index (χ0n) is 10.4. The second kappa shape index (κ2) is 8.53. The first-order valence-electron chi connectivity index (χ1n) is 6.05. The Morgan fingerprint density at radius 2 is 1.94 bits per heavy atom. The summed E-state index contributed by atoms with van der Waals surface area (Å²) in [7, 11) is 0. The molecule has 96 valence electrons. The first kappa shape index (κ1) is 15.4. The Labute approximate surface area is 97.6 Å². The fourth-order valence-corrected chi connectivity index (χ4v) is 1.79. The van der Waals surface area contributed by atoms with Crippen molar-refractivity contribution in [3.05, 3.63) is 0 Å². The summed E-state index contributed by atoms with van der Waals surface area (Å²) in [5, 5.41) is 17.9. The van der Waals surface area contributed by atoms with E-state index in [0.29, 0.717) is 25.9 Å². The number of hydrogen-bond acceptors (Lipinski definition) is 3. The molecule has 0 aromatic rings. The Hall–Kier alpha value is -0.610. The molecule has 0 aromatic carbocycles. The first-order valence-corrected chi connectivity index (χ1v) is 6.05. The predicted molar refractivity (Wildman–Crippen MR) is 62.4 cm³/mol. The SMILES string of the molecule is CCCCC(CC)(CCOCCO)C(=O)O. The van der Waals surface area contributed by atoms with E-state index in [4.69, 9.17) is 9.84 Å². The second-order valence-corrected chi connectivity index (χ2v) is 4.13. The van der Waals surface area contributed by atoms with Gasteiger partial charge in [-0.15, -0.1) is 0 Å². The van der Waals surface area contributed by atoms with Crippen molar-refractivity contribution in [3.8, 4) is 0 Å². The monoisotopic (exact) mass is 232 g/mol. The lowest BCUT2D eigenvalue weighted by atomic mass is 9.77. The maximum absolute atomic E-state index is 11.3. The summed E-state index contributed by atoms with van der Waals surface area (Å²) >= 11 is 0. The van der Waals surface area contributed by atoms with Gasteiger partial charge in [-0.25, -0.2) is 0 Å². The van der Waals surface area contributed by atoms with Crippen molar-refractivity contribution < 1.29 is 19.7 Å². The number of aliphatic carboxylic acids is 1. The molecule has 0 aliphatic carbocycles. The van der Waals surface area contributed by atoms with Crippen molar-refractivity contribution in [2.24, 2.45) is 5.41 Å². The normalized spacial score (nSPS) is 14.7. The van der Waals surface area contributed by atoms with Crippen molar-refractivity contribution in [2.75, 3.05) is 19.8 Å². The van der Waals surface area contributed by atoms with Crippen molar-refractivity contribution >= 4 is 5.97 Å². The van der Waals surface area contributed by atoms with Crippen LogP contribution in [0, 0.1) is 5.41 Å². The fourth-order valence-electron chi connectivity index (χ4n) is 1.79. The molecule has 1 atom stereocenters. The number of aliphatic hydroxyl groups is 1. The van der Waals surface area contributed by atoms with E-state index in [0.717, 1.165) is 12.8 Å². The highest BCUT2D eigenvalue weighted by molar-refractivity contribution is 5.74. The van der Waals surface area contributed by atoms with Gasteiger partial charge in [0.2, 0.25) is 0 Å². The number of unbranched alkanes of at least 4 members (excludes halogenated alkanes) is 1. The van der Waals surface area contributed by atoms with E-state index in [1.54, 1.807) is 0 Å². The minimum Gasteiger partial charge on any atom is -0.481 e. The van der Waals surface area contributed by atoms with Gasteiger partial charge in [0.25, 0.3) is 0 Å². The molecule has 0 rings (SSSR count). The molecule has 2 N–H and O–H groups in total. The van der Waals surface area contributed by atoms with Gasteiger partial charge < -0.3 is 14.9 Å². The molecule has 0 spiro atoms. The summed E-state index contributed by atoms with van der Waals surface area (Å²) in [4.78, 5) is 11.3. The summed E-state index contributed by atoms with van der Waals surface area (Å²) in [5.74, 6) is -0.726. The molecule has 0 aliphatic rings. The summed E-state index contributed by atoms with van der Waals surface area (Å²) < 4.78 is 5.16. The van der Waals surface area contributed by atoms with Crippen LogP contribution in [0.1, 0.15) is 46.0 Å². The van der Waals surface area contributed by atoms with E-state index >= 15 is 0 Å². The molecular weight excluding hydrogens is 208 g/mol. The number of carboxylic acids is 1. The van der Waals surface area contributed by atoms with E-state index in [1.807, 2.05) is 6.92 Å². The number of hydrogen-bond donors (Lipinski definition) is 2. The first-order chi connectivity index (χ1) is 7.63. The van der Waals surface area contributed by atoms with Crippen LogP contribution < -0.4 is 0 Å². The Bertz CT molecular complexity index is 193. The number of carbonyl (C=O) groups is 1. The minimum atomic E-state index is -0.726. The topological polar surface area (TPSA) is 66.8 Å². The third-order valence-electron chi connectivity index (χ3n) is 3.10. The van der Waals surface area contributed by atoms with Crippen molar-refractivity contribution in [1.29, 1.82) is 0 Å². The quantitative estimate of drug-likeness (QED) is 0.566. The predicted octanol–water partition coefficient (Wildman–Crippen LogP) is 2.06. The van der Waals surface area contributed by atoms with E-state index in [1.165, 1.54) is 0 Å². The highest BCUT2D eigenvalue weighted by Crippen LogP contribution is 2.33. The Morgan fingerprint density at radius 1 is 1.25 bits per heavy atom. The lowest BCUT2D eigenvalue weighted by molar-refractivity contribution is -0.151. The average molecular weight is 232 g/mol. The van der Waals surface area contributed by atoms with Gasteiger partial charge in [0.1, 0.15) is 0 Å². The standard InChI is InChI=1S/C12H24O4/c1-3-5-6-12(4-2,11(14)15)7-9-16-10-8-13/h13H,3-10H2,1-2H3,(H,14,15). The molecule has 0 saturated heterocycles. The van der Waals surface area contributed by atoms with E-state index in [-0.39, 0.29) is 13.2 Å². The second-order valence-electron chi connectivity index (χ2n) is 4.13. The molecule has 0 aromatic heterocycles. The highest BCUT2D eigenvalue weighted by atomic mass is 16.5. The van der Waals surface area contributed by atoms with Crippen LogP contribution in [0.3, 0.4) is 0 Å². The molecule has 1 unspecified atom stereocenters. The van der Waals surface area contributed by atoms with Gasteiger partial charge in [-0.3, -0.25) is 4.79 Å². The van der Waals surface area contributed by atoms with Gasteiger partial charge >= 0.3 is 5.97 Å². The molecule has 0 bridgehead atoms. The average Bonchev–Trinajstić information content (AvgIpc) is 2.28. The summed E-state index contributed by atoms with van der Waals surface area (Å²) in [5.41, 5.74) is -0.647. The smallest absolute Gasteiger partial charge is 0.309 e. The molecule has 0 saturated carbocycles. The molecule has 0 heterocycles. The summed E-state index contributed by atoms with van der Waals surface area (Å²) in [6.45, 7) is 4.65. The zero-order chi connectivity index (χ0) is 12.4. The third-order valence-corrected chi connectivity index (χ3v) is 3.10. The molecule has 0 aliphatic heterocycles. The van der Waals surface area contributed by atoms with E-state index < -0.39 is 11.4 Å². The minimum absolute atomic E-state index is 0.0127. The van der Waals surface area contributed by atoms with Gasteiger partial charge in [-0.2, -0.15) is 0 Å². The molecule has 0 amide bonds.